The van der Waals surface area contributed by atoms with Gasteiger partial charge in [0, 0.05) is 34.4 Å². The third-order valence-electron chi connectivity index (χ3n) is 6.46. The third-order valence-corrected chi connectivity index (χ3v) is 6.46. The summed E-state index contributed by atoms with van der Waals surface area (Å²) in [5.41, 5.74) is 5.51. The van der Waals surface area contributed by atoms with Crippen LogP contribution in [0.2, 0.25) is 0 Å². The molecule has 0 aliphatic carbocycles. The van der Waals surface area contributed by atoms with Gasteiger partial charge in [0.25, 0.3) is 0 Å². The van der Waals surface area contributed by atoms with Crippen LogP contribution in [0.25, 0.3) is 33.2 Å². The van der Waals surface area contributed by atoms with Crippen LogP contribution in [0, 0.1) is 6.92 Å². The number of hydrogen-bond donors (Lipinski definition) is 3. The van der Waals surface area contributed by atoms with Gasteiger partial charge in [0.15, 0.2) is 0 Å². The van der Waals surface area contributed by atoms with Gasteiger partial charge in [-0.2, -0.15) is 5.10 Å². The highest BCUT2D eigenvalue weighted by Crippen LogP contribution is 2.27. The molecule has 1 aromatic carbocycles. The number of para-hydroxylation sites is 1. The summed E-state index contributed by atoms with van der Waals surface area (Å²) in [6.07, 6.45) is 4.83. The molecule has 4 heterocycles. The lowest BCUT2D eigenvalue weighted by atomic mass is 9.98. The summed E-state index contributed by atoms with van der Waals surface area (Å²) in [6.45, 7) is 7.76. The summed E-state index contributed by atoms with van der Waals surface area (Å²) < 4.78 is 6.19. The number of pyridine rings is 2. The zero-order valence-electron chi connectivity index (χ0n) is 21.3. The lowest BCUT2D eigenvalue weighted by Gasteiger charge is -2.39. The molecule has 190 valence electrons. The zero-order chi connectivity index (χ0) is 26.2. The lowest BCUT2D eigenvalue weighted by Crippen LogP contribution is -2.54. The van der Waals surface area contributed by atoms with Crippen molar-refractivity contribution in [2.24, 2.45) is 0 Å². The second-order valence-corrected chi connectivity index (χ2v) is 10.2. The quantitative estimate of drug-likeness (QED) is 0.269. The number of aromatic amines is 2. The normalized spacial score (nSPS) is 12.6. The van der Waals surface area contributed by atoms with Crippen LogP contribution in [-0.4, -0.2) is 59.4 Å². The largest absolute Gasteiger partial charge is 0.490 e. The fourth-order valence-electron chi connectivity index (χ4n) is 4.78. The highest BCUT2D eigenvalue weighted by molar-refractivity contribution is 5.83. The Kier molecular flexibility index (Phi) is 6.29. The fourth-order valence-corrected chi connectivity index (χ4v) is 4.78. The number of amides is 1. The molecule has 37 heavy (non-hydrogen) atoms. The van der Waals surface area contributed by atoms with Crippen LogP contribution in [0.4, 0.5) is 4.79 Å². The van der Waals surface area contributed by atoms with E-state index in [9.17, 15) is 9.90 Å². The van der Waals surface area contributed by atoms with Gasteiger partial charge in [-0.15, -0.1) is 0 Å². The van der Waals surface area contributed by atoms with Gasteiger partial charge in [-0.05, 0) is 63.9 Å². The molecular formula is C28H30N6O3. The van der Waals surface area contributed by atoms with Crippen molar-refractivity contribution in [3.63, 3.8) is 0 Å². The van der Waals surface area contributed by atoms with E-state index in [1.807, 2.05) is 76.4 Å². The van der Waals surface area contributed by atoms with E-state index in [1.165, 1.54) is 4.90 Å². The first-order valence-corrected chi connectivity index (χ1v) is 12.2. The first-order valence-electron chi connectivity index (χ1n) is 12.2. The number of carboxylic acid groups (broad SMARTS) is 1. The molecule has 1 atom stereocenters. The van der Waals surface area contributed by atoms with Crippen LogP contribution in [0.3, 0.4) is 0 Å². The Hall–Kier alpha value is -4.40. The minimum absolute atomic E-state index is 0.168. The van der Waals surface area contributed by atoms with Crippen LogP contribution < -0.4 is 4.74 Å². The summed E-state index contributed by atoms with van der Waals surface area (Å²) in [5.74, 6) is 0.548. The van der Waals surface area contributed by atoms with E-state index in [0.29, 0.717) is 12.2 Å². The average molecular weight is 499 g/mol. The first kappa shape index (κ1) is 24.3. The molecule has 0 aliphatic heterocycles. The average Bonchev–Trinajstić information content (AvgIpc) is 3.45. The summed E-state index contributed by atoms with van der Waals surface area (Å²) in [5, 5.41) is 18.4. The van der Waals surface area contributed by atoms with Gasteiger partial charge in [0.1, 0.15) is 17.9 Å². The maximum absolute atomic E-state index is 12.4. The molecule has 0 spiro atoms. The molecule has 9 heteroatoms. The summed E-state index contributed by atoms with van der Waals surface area (Å²) in [7, 11) is 0. The predicted octanol–water partition coefficient (Wildman–Crippen LogP) is 5.58. The van der Waals surface area contributed by atoms with Crippen molar-refractivity contribution in [3.05, 3.63) is 72.3 Å². The molecule has 0 unspecified atom stereocenters. The van der Waals surface area contributed by atoms with Crippen LogP contribution >= 0.6 is 0 Å². The van der Waals surface area contributed by atoms with Crippen molar-refractivity contribution >= 4 is 28.0 Å². The van der Waals surface area contributed by atoms with Crippen LogP contribution in [0.5, 0.6) is 5.75 Å². The Morgan fingerprint density at radius 2 is 1.95 bits per heavy atom. The number of nitrogens with one attached hydrogen (secondary N) is 2. The van der Waals surface area contributed by atoms with Crippen molar-refractivity contribution in [2.45, 2.75) is 45.7 Å². The number of ether oxygens (including phenoxy) is 1. The van der Waals surface area contributed by atoms with Crippen molar-refractivity contribution in [3.8, 4) is 17.0 Å². The SMILES string of the molecule is Cc1n[nH]c2ccc(-c3cncc(OC[C@H](Cc4c[nH]c5ccccc45)N(C(=O)O)C(C)(C)C)c3)nc12. The maximum Gasteiger partial charge on any atom is 0.408 e. The van der Waals surface area contributed by atoms with Gasteiger partial charge in [0.2, 0.25) is 0 Å². The number of nitrogens with zero attached hydrogens (tertiary/aromatic N) is 4. The van der Waals surface area contributed by atoms with Crippen LogP contribution in [-0.2, 0) is 6.42 Å². The Bertz CT molecular complexity index is 1570. The van der Waals surface area contributed by atoms with Gasteiger partial charge in [-0.25, -0.2) is 9.78 Å². The molecule has 9 nitrogen and oxygen atoms in total. The molecule has 0 fully saturated rings. The van der Waals surface area contributed by atoms with Gasteiger partial charge < -0.3 is 14.8 Å². The number of fused-ring (bicyclic) bond motifs is 2. The van der Waals surface area contributed by atoms with Crippen molar-refractivity contribution in [2.75, 3.05) is 6.61 Å². The molecule has 0 aliphatic rings. The summed E-state index contributed by atoms with van der Waals surface area (Å²) in [6, 6.07) is 13.3. The summed E-state index contributed by atoms with van der Waals surface area (Å²) in [4.78, 5) is 26.2. The monoisotopic (exact) mass is 498 g/mol. The van der Waals surface area contributed by atoms with Gasteiger partial charge >= 0.3 is 6.09 Å². The Balaban J connectivity index is 1.42. The van der Waals surface area contributed by atoms with E-state index in [0.717, 1.165) is 44.5 Å². The van der Waals surface area contributed by atoms with E-state index in [4.69, 9.17) is 9.72 Å². The maximum atomic E-state index is 12.4. The zero-order valence-corrected chi connectivity index (χ0v) is 21.3. The molecule has 0 saturated carbocycles. The third kappa shape index (κ3) is 4.97. The second kappa shape index (κ2) is 9.57. The second-order valence-electron chi connectivity index (χ2n) is 10.2. The Labute approximate surface area is 214 Å². The van der Waals surface area contributed by atoms with Gasteiger partial charge in [-0.3, -0.25) is 15.0 Å². The Morgan fingerprint density at radius 3 is 2.73 bits per heavy atom. The molecule has 5 rings (SSSR count). The molecule has 3 N–H and O–H groups in total. The topological polar surface area (TPSA) is 120 Å². The lowest BCUT2D eigenvalue weighted by molar-refractivity contribution is 0.0513. The standard InChI is InChI=1S/C28H30N6O3/c1-17-26-25(33-32-17)10-9-23(31-26)19-12-21(15-29-13-19)37-16-20(34(27(35)36)28(2,3)4)11-18-14-30-24-8-6-5-7-22(18)24/h5-10,12-15,20,30H,11,16H2,1-4H3,(H,32,33)(H,35,36)/t20-/m0/s1. The van der Waals surface area contributed by atoms with E-state index in [2.05, 4.69) is 20.2 Å². The molecule has 0 radical (unpaired) electrons. The number of rotatable bonds is 7. The van der Waals surface area contributed by atoms with E-state index in [-0.39, 0.29) is 6.61 Å². The molecule has 1 amide bonds. The number of H-pyrrole nitrogens is 2. The highest BCUT2D eigenvalue weighted by Gasteiger charge is 2.34. The van der Waals surface area contributed by atoms with Crippen molar-refractivity contribution in [1.29, 1.82) is 0 Å². The van der Waals surface area contributed by atoms with Crippen molar-refractivity contribution in [1.82, 2.24) is 30.0 Å². The van der Waals surface area contributed by atoms with Crippen LogP contribution in [0.1, 0.15) is 32.0 Å². The van der Waals surface area contributed by atoms with Crippen LogP contribution in [0.15, 0.2) is 61.1 Å². The van der Waals surface area contributed by atoms with Crippen molar-refractivity contribution < 1.29 is 14.6 Å². The number of carbonyl (C=O) groups is 1. The minimum Gasteiger partial charge on any atom is -0.490 e. The fraction of sp³-hybridized carbons (Fsp3) is 0.286. The number of aryl methyl sites for hydroxylation is 1. The minimum atomic E-state index is -0.985. The van der Waals surface area contributed by atoms with Gasteiger partial charge in [0.05, 0.1) is 29.1 Å². The molecule has 0 bridgehead atoms. The number of hydrogen-bond acceptors (Lipinski definition) is 5. The highest BCUT2D eigenvalue weighted by atomic mass is 16.5. The predicted molar refractivity (Wildman–Crippen MR) is 143 cm³/mol. The van der Waals surface area contributed by atoms with E-state index in [1.54, 1.807) is 12.4 Å². The molecule has 0 saturated heterocycles. The molecule has 5 aromatic rings. The summed E-state index contributed by atoms with van der Waals surface area (Å²) >= 11 is 0. The number of aromatic nitrogens is 5. The van der Waals surface area contributed by atoms with E-state index >= 15 is 0 Å². The first-order chi connectivity index (χ1) is 17.7. The number of benzene rings is 1. The molecular weight excluding hydrogens is 468 g/mol. The van der Waals surface area contributed by atoms with E-state index < -0.39 is 17.7 Å². The smallest absolute Gasteiger partial charge is 0.408 e. The molecule has 4 aromatic heterocycles. The Morgan fingerprint density at radius 1 is 1.14 bits per heavy atom. The van der Waals surface area contributed by atoms with Gasteiger partial charge in [-0.1, -0.05) is 18.2 Å².